The Morgan fingerprint density at radius 1 is 1.04 bits per heavy atom. The van der Waals surface area contributed by atoms with Crippen molar-refractivity contribution in [1.29, 1.82) is 0 Å². The molecule has 0 radical (unpaired) electrons. The van der Waals surface area contributed by atoms with Gasteiger partial charge in [0.25, 0.3) is 0 Å². The molecule has 0 atom stereocenters. The maximum Gasteiger partial charge on any atom is 0.234 e. The van der Waals surface area contributed by atoms with Gasteiger partial charge in [0.2, 0.25) is 11.8 Å². The average Bonchev–Trinajstić information content (AvgIpc) is 2.65. The number of aromatic nitrogens is 1. The van der Waals surface area contributed by atoms with Gasteiger partial charge in [-0.15, -0.1) is 0 Å². The second-order valence-electron chi connectivity index (χ2n) is 6.59. The topological polar surface area (TPSA) is 71.1 Å². The Morgan fingerprint density at radius 3 is 2.50 bits per heavy atom. The summed E-state index contributed by atoms with van der Waals surface area (Å²) in [5, 5.41) is 7.55. The number of carbonyl (C=O) groups is 2. The first-order valence-corrected chi connectivity index (χ1v) is 10.1. The van der Waals surface area contributed by atoms with Crippen molar-refractivity contribution in [2.24, 2.45) is 0 Å². The average molecular weight is 394 g/mol. The molecule has 0 aliphatic rings. The van der Waals surface area contributed by atoms with E-state index >= 15 is 0 Å². The van der Waals surface area contributed by atoms with Gasteiger partial charge in [-0.1, -0.05) is 30.8 Å². The maximum atomic E-state index is 12.3. The minimum absolute atomic E-state index is 0.118. The number of anilines is 2. The van der Waals surface area contributed by atoms with E-state index < -0.39 is 0 Å². The Labute approximate surface area is 168 Å². The summed E-state index contributed by atoms with van der Waals surface area (Å²) in [5.74, 6) is -0.00734. The summed E-state index contributed by atoms with van der Waals surface area (Å²) >= 11 is 1.42. The molecule has 1 aromatic heterocycles. The van der Waals surface area contributed by atoms with Crippen LogP contribution in [0.25, 0.3) is 10.9 Å². The van der Waals surface area contributed by atoms with Gasteiger partial charge in [0.1, 0.15) is 5.03 Å². The number of pyridine rings is 1. The highest BCUT2D eigenvalue weighted by Gasteiger charge is 2.09. The normalized spacial score (nSPS) is 10.7. The Hall–Kier alpha value is -2.86. The van der Waals surface area contributed by atoms with Crippen LogP contribution < -0.4 is 10.6 Å². The van der Waals surface area contributed by atoms with Crippen LogP contribution in [0.4, 0.5) is 11.4 Å². The second-order valence-corrected chi connectivity index (χ2v) is 7.55. The van der Waals surface area contributed by atoms with Crippen molar-refractivity contribution in [2.75, 3.05) is 16.4 Å². The quantitative estimate of drug-likeness (QED) is 0.591. The Morgan fingerprint density at radius 2 is 1.79 bits per heavy atom. The van der Waals surface area contributed by atoms with Crippen LogP contribution in [0.3, 0.4) is 0 Å². The number of carbonyl (C=O) groups excluding carboxylic acids is 2. The molecule has 0 unspecified atom stereocenters. The van der Waals surface area contributed by atoms with Gasteiger partial charge in [0.15, 0.2) is 0 Å². The minimum Gasteiger partial charge on any atom is -0.326 e. The third-order valence-corrected chi connectivity index (χ3v) is 5.33. The lowest BCUT2D eigenvalue weighted by Crippen LogP contribution is -2.14. The molecule has 2 aromatic carbocycles. The summed E-state index contributed by atoms with van der Waals surface area (Å²) < 4.78 is 0. The first-order chi connectivity index (χ1) is 13.4. The third kappa shape index (κ3) is 5.10. The molecule has 0 spiro atoms. The van der Waals surface area contributed by atoms with Crippen LogP contribution in [0.1, 0.15) is 25.0 Å². The summed E-state index contributed by atoms with van der Waals surface area (Å²) in [6.07, 6.45) is 0.995. The second kappa shape index (κ2) is 8.89. The largest absolute Gasteiger partial charge is 0.326 e. The van der Waals surface area contributed by atoms with E-state index in [4.69, 9.17) is 4.98 Å². The predicted octanol–water partition coefficient (Wildman–Crippen LogP) is 4.79. The number of nitrogens with zero attached hydrogens (tertiary/aromatic N) is 1. The number of hydrogen-bond donors (Lipinski definition) is 2. The summed E-state index contributed by atoms with van der Waals surface area (Å²) in [6, 6.07) is 15.5. The molecule has 0 aliphatic heterocycles. The van der Waals surface area contributed by atoms with Crippen molar-refractivity contribution in [3.8, 4) is 0 Å². The summed E-state index contributed by atoms with van der Waals surface area (Å²) in [4.78, 5) is 28.2. The summed E-state index contributed by atoms with van der Waals surface area (Å²) in [7, 11) is 0. The van der Waals surface area contributed by atoms with Crippen LogP contribution in [-0.4, -0.2) is 22.6 Å². The molecule has 144 valence electrons. The van der Waals surface area contributed by atoms with E-state index in [1.165, 1.54) is 24.2 Å². The number of fused-ring (bicyclic) bond motifs is 1. The van der Waals surface area contributed by atoms with E-state index in [2.05, 4.69) is 35.8 Å². The van der Waals surface area contributed by atoms with Crippen molar-refractivity contribution in [3.05, 3.63) is 59.7 Å². The van der Waals surface area contributed by atoms with Gasteiger partial charge in [0, 0.05) is 23.7 Å². The molecule has 0 saturated carbocycles. The van der Waals surface area contributed by atoms with Crippen LogP contribution in [0.15, 0.2) is 53.6 Å². The molecule has 0 saturated heterocycles. The monoisotopic (exact) mass is 393 g/mol. The molecule has 28 heavy (non-hydrogen) atoms. The molecule has 2 amide bonds. The van der Waals surface area contributed by atoms with Gasteiger partial charge in [-0.05, 0) is 60.9 Å². The van der Waals surface area contributed by atoms with Crippen LogP contribution in [0.2, 0.25) is 0 Å². The van der Waals surface area contributed by atoms with Crippen molar-refractivity contribution >= 4 is 45.9 Å². The number of hydrogen-bond acceptors (Lipinski definition) is 4. The highest BCUT2D eigenvalue weighted by Crippen LogP contribution is 2.25. The summed E-state index contributed by atoms with van der Waals surface area (Å²) in [6.45, 7) is 5.60. The van der Waals surface area contributed by atoms with Gasteiger partial charge in [0.05, 0.1) is 11.3 Å². The first kappa shape index (κ1) is 19.9. The van der Waals surface area contributed by atoms with E-state index in [0.717, 1.165) is 27.9 Å². The van der Waals surface area contributed by atoms with Crippen LogP contribution >= 0.6 is 11.8 Å². The zero-order valence-electron chi connectivity index (χ0n) is 16.2. The molecule has 1 heterocycles. The zero-order chi connectivity index (χ0) is 20.1. The van der Waals surface area contributed by atoms with E-state index in [1.54, 1.807) is 24.3 Å². The molecule has 6 heteroatoms. The molecular formula is C22H23N3O2S. The van der Waals surface area contributed by atoms with E-state index in [9.17, 15) is 9.59 Å². The molecule has 0 bridgehead atoms. The Balaban J connectivity index is 1.66. The predicted molar refractivity (Wildman–Crippen MR) is 116 cm³/mol. The zero-order valence-corrected chi connectivity index (χ0v) is 17.0. The van der Waals surface area contributed by atoms with Crippen LogP contribution in [0.5, 0.6) is 0 Å². The van der Waals surface area contributed by atoms with E-state index in [0.29, 0.717) is 11.4 Å². The van der Waals surface area contributed by atoms with Crippen molar-refractivity contribution < 1.29 is 9.59 Å². The lowest BCUT2D eigenvalue weighted by Gasteiger charge is -2.10. The van der Waals surface area contributed by atoms with E-state index in [-0.39, 0.29) is 17.6 Å². The van der Waals surface area contributed by atoms with Crippen molar-refractivity contribution in [2.45, 2.75) is 32.2 Å². The molecule has 5 nitrogen and oxygen atoms in total. The van der Waals surface area contributed by atoms with Crippen LogP contribution in [-0.2, 0) is 16.0 Å². The van der Waals surface area contributed by atoms with Crippen molar-refractivity contribution in [3.63, 3.8) is 0 Å². The van der Waals surface area contributed by atoms with Gasteiger partial charge in [-0.25, -0.2) is 4.98 Å². The molecule has 3 aromatic rings. The number of amides is 2. The molecule has 3 rings (SSSR count). The van der Waals surface area contributed by atoms with Gasteiger partial charge in [-0.3, -0.25) is 9.59 Å². The Bertz CT molecular complexity index is 1030. The lowest BCUT2D eigenvalue weighted by atomic mass is 10.1. The van der Waals surface area contributed by atoms with Gasteiger partial charge in [-0.2, -0.15) is 0 Å². The van der Waals surface area contributed by atoms with Gasteiger partial charge >= 0.3 is 0 Å². The third-order valence-electron chi connectivity index (χ3n) is 4.24. The maximum absolute atomic E-state index is 12.3. The highest BCUT2D eigenvalue weighted by atomic mass is 32.2. The van der Waals surface area contributed by atoms with Gasteiger partial charge < -0.3 is 10.6 Å². The number of aryl methyl sites for hydroxylation is 2. The fraction of sp³-hybridized carbons (Fsp3) is 0.227. The molecule has 2 N–H and O–H groups in total. The Kier molecular flexibility index (Phi) is 6.31. The smallest absolute Gasteiger partial charge is 0.234 e. The standard InChI is InChI=1S/C22H23N3O2S/c1-4-16-8-9-20-17(11-16)10-14(2)22(25-20)28-13-21(27)24-19-7-5-6-18(12-19)23-15(3)26/h5-12H,4,13H2,1-3H3,(H,23,26)(H,24,27). The number of nitrogens with one attached hydrogen (secondary N) is 2. The summed E-state index contributed by atoms with van der Waals surface area (Å²) in [5.41, 5.74) is 4.58. The highest BCUT2D eigenvalue weighted by molar-refractivity contribution is 8.00. The van der Waals surface area contributed by atoms with Crippen LogP contribution in [0, 0.1) is 6.92 Å². The fourth-order valence-electron chi connectivity index (χ4n) is 2.89. The molecular weight excluding hydrogens is 370 g/mol. The fourth-order valence-corrected chi connectivity index (χ4v) is 3.68. The van der Waals surface area contributed by atoms with Crippen molar-refractivity contribution in [1.82, 2.24) is 4.98 Å². The SMILES string of the molecule is CCc1ccc2nc(SCC(=O)Nc3cccc(NC(C)=O)c3)c(C)cc2c1. The van der Waals surface area contributed by atoms with E-state index in [1.807, 2.05) is 13.0 Å². The lowest BCUT2D eigenvalue weighted by molar-refractivity contribution is -0.114. The number of thioether (sulfide) groups is 1. The first-order valence-electron chi connectivity index (χ1n) is 9.15. The molecule has 0 aliphatic carbocycles. The molecule has 0 fully saturated rings. The number of benzene rings is 2. The number of rotatable bonds is 6. The minimum atomic E-state index is -0.150.